The number of fused-ring (bicyclic) bond motifs is 1. The molecule has 1 aromatic carbocycles. The molecule has 0 aliphatic rings. The Labute approximate surface area is 237 Å². The molecule has 2 aromatic heterocycles. The number of benzene rings is 1. The molecule has 0 N–H and O–H groups in total. The van der Waals surface area contributed by atoms with Crippen LogP contribution in [0.25, 0.3) is 11.0 Å². The quantitative estimate of drug-likeness (QED) is 0.180. The summed E-state index contributed by atoms with van der Waals surface area (Å²) in [6.45, 7) is 10.4. The Morgan fingerprint density at radius 2 is 1.74 bits per heavy atom. The van der Waals surface area contributed by atoms with Gasteiger partial charge in [0.1, 0.15) is 5.82 Å². The van der Waals surface area contributed by atoms with Crippen molar-refractivity contribution < 1.29 is 19.1 Å². The summed E-state index contributed by atoms with van der Waals surface area (Å²) in [6.07, 6.45) is 3.63. The van der Waals surface area contributed by atoms with Gasteiger partial charge in [0.2, 0.25) is 5.91 Å². The van der Waals surface area contributed by atoms with Crippen molar-refractivity contribution in [1.82, 2.24) is 14.5 Å². The number of carbonyl (C=O) groups is 2. The number of aromatic nitrogens is 2. The Kier molecular flexibility index (Phi) is 12.2. The second kappa shape index (κ2) is 15.3. The van der Waals surface area contributed by atoms with Gasteiger partial charge in [-0.2, -0.15) is 0 Å². The number of nitrogens with zero attached hydrogens (tertiary/aromatic N) is 3. The Morgan fingerprint density at radius 3 is 2.31 bits per heavy atom. The number of ether oxygens (including phenoxy) is 2. The lowest BCUT2D eigenvalue weighted by Gasteiger charge is -2.28. The van der Waals surface area contributed by atoms with Gasteiger partial charge < -0.3 is 18.9 Å². The molecule has 0 bridgehead atoms. The van der Waals surface area contributed by atoms with Gasteiger partial charge in [0, 0.05) is 62.6 Å². The molecule has 214 valence electrons. The summed E-state index contributed by atoms with van der Waals surface area (Å²) in [5, 5.41) is 2.09. The van der Waals surface area contributed by atoms with Gasteiger partial charge in [0.25, 0.3) is 0 Å². The third-order valence-corrected chi connectivity index (χ3v) is 8.16. The van der Waals surface area contributed by atoms with Crippen LogP contribution in [0, 0.1) is 11.8 Å². The number of imidazole rings is 1. The molecule has 2 heterocycles. The van der Waals surface area contributed by atoms with Crippen LogP contribution in [0.1, 0.15) is 80.5 Å². The standard InChI is InChI=1S/C31H45N3O4S/c1-7-25(8-2)34-28-12-11-23(19-27(28)32-30(34)21-26-10-9-17-39-26)29(35)20-24(18-22(3)4)31(36)33(13-15-37-5)14-16-38-6/h9-12,17,19,22,24-25H,7-8,13-16,18,20-21H2,1-6H3/t24-/m1/s1. The first kappa shape index (κ1) is 31.0. The van der Waals surface area contributed by atoms with Crippen LogP contribution in [0.3, 0.4) is 0 Å². The normalized spacial score (nSPS) is 12.5. The second-order valence-electron chi connectivity index (χ2n) is 10.6. The minimum absolute atomic E-state index is 0.0107. The zero-order valence-corrected chi connectivity index (χ0v) is 25.3. The molecule has 0 unspecified atom stereocenters. The summed E-state index contributed by atoms with van der Waals surface area (Å²) in [5.74, 6) is 0.898. The van der Waals surface area contributed by atoms with E-state index in [9.17, 15) is 9.59 Å². The number of carbonyl (C=O) groups excluding carboxylic acids is 2. The predicted molar refractivity (Wildman–Crippen MR) is 159 cm³/mol. The average Bonchev–Trinajstić information content (AvgIpc) is 3.56. The minimum Gasteiger partial charge on any atom is -0.383 e. The van der Waals surface area contributed by atoms with E-state index in [2.05, 4.69) is 49.8 Å². The van der Waals surface area contributed by atoms with Crippen molar-refractivity contribution in [2.24, 2.45) is 11.8 Å². The molecule has 0 radical (unpaired) electrons. The third-order valence-electron chi connectivity index (χ3n) is 7.28. The van der Waals surface area contributed by atoms with E-state index in [0.717, 1.165) is 36.1 Å². The monoisotopic (exact) mass is 555 g/mol. The summed E-state index contributed by atoms with van der Waals surface area (Å²) in [5.41, 5.74) is 2.51. The highest BCUT2D eigenvalue weighted by atomic mass is 32.1. The summed E-state index contributed by atoms with van der Waals surface area (Å²) < 4.78 is 12.8. The molecule has 8 heteroatoms. The number of Topliss-reactive ketones (excluding diaryl/α,β-unsaturated/α-hetero) is 1. The highest BCUT2D eigenvalue weighted by molar-refractivity contribution is 7.09. The van der Waals surface area contributed by atoms with Crippen molar-refractivity contribution >= 4 is 34.1 Å². The Balaban J connectivity index is 1.89. The van der Waals surface area contributed by atoms with Crippen LogP contribution >= 0.6 is 11.3 Å². The lowest BCUT2D eigenvalue weighted by atomic mass is 9.89. The fraction of sp³-hybridized carbons (Fsp3) is 0.581. The second-order valence-corrected chi connectivity index (χ2v) is 11.6. The summed E-state index contributed by atoms with van der Waals surface area (Å²) in [6, 6.07) is 10.4. The number of thiophene rings is 1. The smallest absolute Gasteiger partial charge is 0.226 e. The van der Waals surface area contributed by atoms with Crippen LogP contribution in [0.15, 0.2) is 35.7 Å². The van der Waals surface area contributed by atoms with Crippen LogP contribution in [0.2, 0.25) is 0 Å². The van der Waals surface area contributed by atoms with Crippen molar-refractivity contribution in [2.45, 2.75) is 65.8 Å². The van der Waals surface area contributed by atoms with Crippen molar-refractivity contribution in [1.29, 1.82) is 0 Å². The predicted octanol–water partition coefficient (Wildman–Crippen LogP) is 6.41. The van der Waals surface area contributed by atoms with E-state index in [0.29, 0.717) is 44.3 Å². The lowest BCUT2D eigenvalue weighted by molar-refractivity contribution is -0.137. The highest BCUT2D eigenvalue weighted by Crippen LogP contribution is 2.29. The van der Waals surface area contributed by atoms with Crippen LogP contribution in [-0.2, 0) is 20.7 Å². The lowest BCUT2D eigenvalue weighted by Crippen LogP contribution is -2.41. The zero-order chi connectivity index (χ0) is 28.4. The van der Waals surface area contributed by atoms with Crippen LogP contribution in [0.5, 0.6) is 0 Å². The molecule has 3 rings (SSSR count). The molecular formula is C31H45N3O4S. The molecule has 0 aliphatic heterocycles. The molecule has 0 saturated carbocycles. The van der Waals surface area contributed by atoms with E-state index >= 15 is 0 Å². The summed E-state index contributed by atoms with van der Waals surface area (Å²) in [4.78, 5) is 35.2. The van der Waals surface area contributed by atoms with Gasteiger partial charge in [-0.3, -0.25) is 9.59 Å². The zero-order valence-electron chi connectivity index (χ0n) is 24.4. The van der Waals surface area contributed by atoms with Crippen molar-refractivity contribution in [3.05, 3.63) is 52.0 Å². The maximum Gasteiger partial charge on any atom is 0.226 e. The topological polar surface area (TPSA) is 73.7 Å². The maximum atomic E-state index is 13.6. The van der Waals surface area contributed by atoms with Gasteiger partial charge >= 0.3 is 0 Å². The molecule has 3 aromatic rings. The van der Waals surface area contributed by atoms with Crippen molar-refractivity contribution in [3.8, 4) is 0 Å². The average molecular weight is 556 g/mol. The molecule has 1 atom stereocenters. The van der Waals surface area contributed by atoms with Gasteiger partial charge in [0.05, 0.1) is 24.2 Å². The van der Waals surface area contributed by atoms with Crippen molar-refractivity contribution in [3.63, 3.8) is 0 Å². The molecule has 0 spiro atoms. The fourth-order valence-corrected chi connectivity index (χ4v) is 5.95. The Hall–Kier alpha value is -2.55. The molecular weight excluding hydrogens is 510 g/mol. The Morgan fingerprint density at radius 1 is 1.05 bits per heavy atom. The van der Waals surface area contributed by atoms with E-state index in [1.165, 1.54) is 4.88 Å². The number of rotatable bonds is 17. The van der Waals surface area contributed by atoms with Crippen LogP contribution in [-0.4, -0.2) is 66.7 Å². The van der Waals surface area contributed by atoms with E-state index < -0.39 is 5.92 Å². The number of ketones is 1. The van der Waals surface area contributed by atoms with Gasteiger partial charge in [-0.05, 0) is 54.8 Å². The molecule has 0 fully saturated rings. The first-order valence-electron chi connectivity index (χ1n) is 14.2. The van der Waals surface area contributed by atoms with Gasteiger partial charge in [0.15, 0.2) is 5.78 Å². The van der Waals surface area contributed by atoms with E-state index in [-0.39, 0.29) is 24.0 Å². The maximum absolute atomic E-state index is 13.6. The highest BCUT2D eigenvalue weighted by Gasteiger charge is 2.28. The molecule has 39 heavy (non-hydrogen) atoms. The molecule has 7 nitrogen and oxygen atoms in total. The van der Waals surface area contributed by atoms with Gasteiger partial charge in [-0.25, -0.2) is 4.98 Å². The van der Waals surface area contributed by atoms with E-state index in [4.69, 9.17) is 14.5 Å². The number of amides is 1. The minimum atomic E-state index is -0.390. The summed E-state index contributed by atoms with van der Waals surface area (Å²) >= 11 is 1.74. The molecule has 1 amide bonds. The van der Waals surface area contributed by atoms with Crippen LogP contribution < -0.4 is 0 Å². The number of hydrogen-bond donors (Lipinski definition) is 0. The first-order chi connectivity index (χ1) is 18.8. The van der Waals surface area contributed by atoms with E-state index in [1.807, 2.05) is 18.2 Å². The Bertz CT molecular complexity index is 1180. The van der Waals surface area contributed by atoms with Gasteiger partial charge in [-0.15, -0.1) is 11.3 Å². The molecule has 0 aliphatic carbocycles. The first-order valence-corrected chi connectivity index (χ1v) is 15.0. The number of methoxy groups -OCH3 is 2. The van der Waals surface area contributed by atoms with Gasteiger partial charge in [-0.1, -0.05) is 33.8 Å². The fourth-order valence-electron chi connectivity index (χ4n) is 5.25. The SMILES string of the molecule is CCC(CC)n1c(Cc2cccs2)nc2cc(C(=O)C[C@@H](CC(C)C)C(=O)N(CCOC)CCOC)ccc21. The molecule has 0 saturated heterocycles. The largest absolute Gasteiger partial charge is 0.383 e. The third kappa shape index (κ3) is 8.22. The van der Waals surface area contributed by atoms with E-state index in [1.54, 1.807) is 30.5 Å². The summed E-state index contributed by atoms with van der Waals surface area (Å²) in [7, 11) is 3.25. The van der Waals surface area contributed by atoms with Crippen LogP contribution in [0.4, 0.5) is 0 Å². The number of hydrogen-bond acceptors (Lipinski definition) is 6. The van der Waals surface area contributed by atoms with Crippen molar-refractivity contribution in [2.75, 3.05) is 40.5 Å².